The van der Waals surface area contributed by atoms with Crippen molar-refractivity contribution in [3.05, 3.63) is 71.0 Å². The molecule has 4 aromatic rings. The first-order valence-electron chi connectivity index (χ1n) is 27.1. The zero-order valence-electron chi connectivity index (χ0n) is 45.2. The summed E-state index contributed by atoms with van der Waals surface area (Å²) in [6.07, 6.45) is 10.3. The van der Waals surface area contributed by atoms with E-state index < -0.39 is 35.4 Å². The summed E-state index contributed by atoms with van der Waals surface area (Å²) in [6.45, 7) is 12.7. The molecule has 3 aliphatic heterocycles. The molecule has 0 radical (unpaired) electrons. The Kier molecular flexibility index (Phi) is 18.6. The van der Waals surface area contributed by atoms with Crippen LogP contribution in [0.4, 0.5) is 23.1 Å². The van der Waals surface area contributed by atoms with Crippen molar-refractivity contribution in [1.82, 2.24) is 40.7 Å². The number of fused-ring (bicyclic) bond motifs is 1. The lowest BCUT2D eigenvalue weighted by molar-refractivity contribution is -0.144. The first kappa shape index (κ1) is 56.0. The first-order chi connectivity index (χ1) is 36.5. The number of aliphatic hydroxyl groups is 1. The molecule has 5 amide bonds. The van der Waals surface area contributed by atoms with Gasteiger partial charge in [0.25, 0.3) is 5.91 Å². The molecule has 3 fully saturated rings. The van der Waals surface area contributed by atoms with E-state index in [9.17, 15) is 29.1 Å². The zero-order valence-corrected chi connectivity index (χ0v) is 46.0. The molecule has 2 saturated heterocycles. The van der Waals surface area contributed by atoms with E-state index in [1.165, 1.54) is 4.90 Å². The molecule has 1 saturated carbocycles. The zero-order chi connectivity index (χ0) is 54.1. The molecule has 19 nitrogen and oxygen atoms in total. The fourth-order valence-electron chi connectivity index (χ4n) is 10.9. The number of piperidine rings is 1. The van der Waals surface area contributed by atoms with Gasteiger partial charge in [-0.15, -0.1) is 11.3 Å². The smallest absolute Gasteiger partial charge is 0.251 e. The number of nitrogens with one attached hydrogen (secondary N) is 4. The van der Waals surface area contributed by atoms with Crippen LogP contribution >= 0.6 is 11.3 Å². The Labute approximate surface area is 450 Å². The number of likely N-dealkylation sites (tertiary alicyclic amines) is 2. The average molecular weight is 1060 g/mol. The summed E-state index contributed by atoms with van der Waals surface area (Å²) < 4.78 is 11.5. The molecule has 0 spiro atoms. The van der Waals surface area contributed by atoms with Gasteiger partial charge in [0.2, 0.25) is 29.6 Å². The SMILES string of the molecule is CC[C@@H]1C(=O)N(C)c2cnc(Nc3ccc(C(=O)NC4CCN(CCCCCOCC(=O)N[C@H](C(=O)N5C[C@H](O)C[C@H]5C(=O)NCc5ccc(-c6scnc6C)cc5)C(C)(C)C)CC4)cc3OC)nc2N1C1CCCC1. The lowest BCUT2D eigenvalue weighted by Crippen LogP contribution is -2.58. The average Bonchev–Trinajstić information content (AvgIpc) is 4.21. The summed E-state index contributed by atoms with van der Waals surface area (Å²) in [4.78, 5) is 90.1. The predicted octanol–water partition coefficient (Wildman–Crippen LogP) is 6.35. The fraction of sp³-hybridized carbons (Fsp3) is 0.571. The van der Waals surface area contributed by atoms with Gasteiger partial charge >= 0.3 is 0 Å². The van der Waals surface area contributed by atoms with Crippen molar-refractivity contribution in [2.45, 2.75) is 148 Å². The largest absolute Gasteiger partial charge is 0.495 e. The topological polar surface area (TPSA) is 224 Å². The number of benzene rings is 2. The van der Waals surface area contributed by atoms with E-state index >= 15 is 0 Å². The Morgan fingerprint density at radius 2 is 1.72 bits per heavy atom. The maximum Gasteiger partial charge on any atom is 0.251 e. The number of hydrogen-bond acceptors (Lipinski definition) is 15. The minimum Gasteiger partial charge on any atom is -0.495 e. The number of nitrogens with zero attached hydrogens (tertiary/aromatic N) is 7. The highest BCUT2D eigenvalue weighted by Crippen LogP contribution is 2.41. The summed E-state index contributed by atoms with van der Waals surface area (Å²) in [6, 6.07) is 11.4. The highest BCUT2D eigenvalue weighted by molar-refractivity contribution is 7.13. The number of carbonyl (C=O) groups excluding carboxylic acids is 5. The second-order valence-corrected chi connectivity index (χ2v) is 22.6. The van der Waals surface area contributed by atoms with Crippen LogP contribution in [0, 0.1) is 12.3 Å². The van der Waals surface area contributed by atoms with Crippen LogP contribution in [-0.2, 0) is 30.5 Å². The number of aromatic nitrogens is 3. The number of unbranched alkanes of at least 4 members (excludes halogenated alkanes) is 2. The number of aliphatic hydroxyl groups excluding tert-OH is 1. The highest BCUT2D eigenvalue weighted by atomic mass is 32.1. The molecule has 2 aromatic heterocycles. The third kappa shape index (κ3) is 13.5. The predicted molar refractivity (Wildman–Crippen MR) is 294 cm³/mol. The van der Waals surface area contributed by atoms with Crippen LogP contribution in [0.2, 0.25) is 0 Å². The second-order valence-electron chi connectivity index (χ2n) is 21.8. The van der Waals surface area contributed by atoms with Gasteiger partial charge in [-0.2, -0.15) is 4.98 Å². The Morgan fingerprint density at radius 1 is 0.974 bits per heavy atom. The van der Waals surface area contributed by atoms with E-state index in [0.29, 0.717) is 41.7 Å². The number of thiazole rings is 1. The van der Waals surface area contributed by atoms with Gasteiger partial charge in [0.05, 0.1) is 41.2 Å². The molecular formula is C56H77N11O8S. The summed E-state index contributed by atoms with van der Waals surface area (Å²) in [5.74, 6) is 0.324. The van der Waals surface area contributed by atoms with Gasteiger partial charge in [0.15, 0.2) is 5.82 Å². The molecule has 2 aromatic carbocycles. The Morgan fingerprint density at radius 3 is 2.41 bits per heavy atom. The van der Waals surface area contributed by atoms with Crippen LogP contribution in [0.1, 0.15) is 120 Å². The molecule has 20 heteroatoms. The quantitative estimate of drug-likeness (QED) is 0.0574. The number of carbonyl (C=O) groups is 5. The fourth-order valence-corrected chi connectivity index (χ4v) is 11.7. The molecule has 4 aliphatic rings. The summed E-state index contributed by atoms with van der Waals surface area (Å²) >= 11 is 1.58. The van der Waals surface area contributed by atoms with Gasteiger partial charge in [-0.3, -0.25) is 24.0 Å². The van der Waals surface area contributed by atoms with Crippen molar-refractivity contribution in [1.29, 1.82) is 0 Å². The van der Waals surface area contributed by atoms with Gasteiger partial charge < -0.3 is 55.4 Å². The minimum absolute atomic E-state index is 0.00324. The molecule has 1 aliphatic carbocycles. The van der Waals surface area contributed by atoms with Crippen LogP contribution in [0.25, 0.3) is 10.4 Å². The molecule has 76 heavy (non-hydrogen) atoms. The van der Waals surface area contributed by atoms with Crippen molar-refractivity contribution in [2.75, 3.05) is 68.7 Å². The van der Waals surface area contributed by atoms with Crippen LogP contribution in [0.15, 0.2) is 54.2 Å². The van der Waals surface area contributed by atoms with Crippen LogP contribution < -0.4 is 35.8 Å². The van der Waals surface area contributed by atoms with Crippen molar-refractivity contribution in [3.8, 4) is 16.2 Å². The van der Waals surface area contributed by atoms with Gasteiger partial charge in [-0.25, -0.2) is 9.97 Å². The Bertz CT molecular complexity index is 2660. The van der Waals surface area contributed by atoms with Crippen molar-refractivity contribution in [2.24, 2.45) is 5.41 Å². The standard InChI is InChI=1S/C56H77N11O8S/c1-8-43-53(72)64(6)45-31-58-55(63-50(45)67(43)40-14-10-11-15-40)61-42-21-20-38(28-46(42)74-7)51(70)60-39-22-25-65(26-23-39)24-12-9-13-27-75-33-47(69)62-49(56(3,4)5)54(73)66-32-41(68)29-44(66)52(71)57-30-36-16-18-37(19-17-36)48-35(2)59-34-76-48/h16-21,28,31,34,39-41,43-44,49,68H,8-15,22-27,29-30,32-33H2,1-7H3,(H,57,71)(H,60,70)(H,62,69)(H,58,61,63)/t41-,43-,44+,49-/m1/s1. The lowest BCUT2D eigenvalue weighted by atomic mass is 9.85. The number of methoxy groups -OCH3 is 1. The van der Waals surface area contributed by atoms with E-state index in [-0.39, 0.29) is 62.0 Å². The maximum absolute atomic E-state index is 14.0. The van der Waals surface area contributed by atoms with Crippen LogP contribution in [-0.4, -0.2) is 149 Å². The number of rotatable bonds is 21. The van der Waals surface area contributed by atoms with Gasteiger partial charge in [-0.1, -0.05) is 64.8 Å². The Hall–Kier alpha value is -6.22. The third-order valence-corrected chi connectivity index (χ3v) is 16.2. The number of β-amino-alcohol motifs (C(OH)–C–C–N with tert-alkyl or cyclic N) is 1. The monoisotopic (exact) mass is 1060 g/mol. The van der Waals surface area contributed by atoms with Crippen molar-refractivity contribution in [3.63, 3.8) is 0 Å². The highest BCUT2D eigenvalue weighted by Gasteiger charge is 2.45. The number of likely N-dealkylation sites (N-methyl/N-ethyl adjacent to an activating group) is 1. The molecule has 0 unspecified atom stereocenters. The van der Waals surface area contributed by atoms with E-state index in [2.05, 4.69) is 41.0 Å². The maximum atomic E-state index is 14.0. The van der Waals surface area contributed by atoms with E-state index in [0.717, 1.165) is 105 Å². The Balaban J connectivity index is 0.724. The second kappa shape index (κ2) is 25.3. The first-order valence-corrected chi connectivity index (χ1v) is 27.9. The molecule has 4 atom stereocenters. The van der Waals surface area contributed by atoms with Gasteiger partial charge in [0.1, 0.15) is 36.2 Å². The summed E-state index contributed by atoms with van der Waals surface area (Å²) in [5.41, 5.74) is 5.87. The lowest BCUT2D eigenvalue weighted by Gasteiger charge is -2.43. The van der Waals surface area contributed by atoms with E-state index in [1.54, 1.807) is 54.8 Å². The summed E-state index contributed by atoms with van der Waals surface area (Å²) in [7, 11) is 3.35. The number of hydrogen-bond donors (Lipinski definition) is 5. The molecular weight excluding hydrogens is 987 g/mol. The van der Waals surface area contributed by atoms with Crippen LogP contribution in [0.5, 0.6) is 5.75 Å². The van der Waals surface area contributed by atoms with Crippen molar-refractivity contribution >= 4 is 64.0 Å². The molecule has 410 valence electrons. The molecule has 5 N–H and O–H groups in total. The molecule has 0 bridgehead atoms. The van der Waals surface area contributed by atoms with Gasteiger partial charge in [-0.05, 0) is 99.6 Å². The third-order valence-electron chi connectivity index (χ3n) is 15.3. The van der Waals surface area contributed by atoms with Gasteiger partial charge in [0, 0.05) is 63.9 Å². The number of anilines is 4. The molecule has 8 rings (SSSR count). The summed E-state index contributed by atoms with van der Waals surface area (Å²) in [5, 5.41) is 22.9. The van der Waals surface area contributed by atoms with Crippen LogP contribution in [0.3, 0.4) is 0 Å². The minimum atomic E-state index is -0.939. The molecule has 5 heterocycles. The number of ether oxygens (including phenoxy) is 2. The normalized spacial score (nSPS) is 19.9. The number of amides is 5. The van der Waals surface area contributed by atoms with Crippen molar-refractivity contribution < 1.29 is 38.6 Å². The van der Waals surface area contributed by atoms with E-state index in [4.69, 9.17) is 14.5 Å². The van der Waals surface area contributed by atoms with E-state index in [1.807, 2.05) is 64.4 Å². The number of aryl methyl sites for hydroxylation is 1.